The lowest BCUT2D eigenvalue weighted by atomic mass is 9.81. The summed E-state index contributed by atoms with van der Waals surface area (Å²) in [4.78, 5) is 14.1. The molecule has 2 aliphatic carbocycles. The van der Waals surface area contributed by atoms with Gasteiger partial charge in [0.25, 0.3) is 0 Å². The second-order valence-electron chi connectivity index (χ2n) is 5.73. The number of likely N-dealkylation sites (N-methyl/N-ethyl adjacent to an activating group) is 1. The maximum atomic E-state index is 12.2. The van der Waals surface area contributed by atoms with Crippen LogP contribution in [0.5, 0.6) is 0 Å². The van der Waals surface area contributed by atoms with Crippen LogP contribution in [0, 0.1) is 5.92 Å². The van der Waals surface area contributed by atoms with E-state index >= 15 is 0 Å². The van der Waals surface area contributed by atoms with E-state index in [0.717, 1.165) is 38.5 Å². The fourth-order valence-corrected chi connectivity index (χ4v) is 2.89. The second-order valence-corrected chi connectivity index (χ2v) is 5.73. The summed E-state index contributed by atoms with van der Waals surface area (Å²) in [6.07, 6.45) is 7.57. The summed E-state index contributed by atoms with van der Waals surface area (Å²) in [7, 11) is 1.90. The van der Waals surface area contributed by atoms with Gasteiger partial charge in [-0.15, -0.1) is 0 Å². The highest BCUT2D eigenvalue weighted by molar-refractivity contribution is 5.82. The molecule has 1 atom stereocenters. The van der Waals surface area contributed by atoms with Crippen LogP contribution in [0.25, 0.3) is 0 Å². The lowest BCUT2D eigenvalue weighted by Gasteiger charge is -2.38. The molecule has 0 unspecified atom stereocenters. The first-order valence-corrected chi connectivity index (χ1v) is 6.87. The molecule has 0 bridgehead atoms. The molecule has 0 aliphatic heterocycles. The summed E-state index contributed by atoms with van der Waals surface area (Å²) in [5, 5.41) is 0. The molecule has 0 radical (unpaired) electrons. The van der Waals surface area contributed by atoms with Crippen molar-refractivity contribution in [2.24, 2.45) is 17.4 Å². The molecule has 1 amide bonds. The van der Waals surface area contributed by atoms with E-state index < -0.39 is 0 Å². The van der Waals surface area contributed by atoms with Crippen molar-refractivity contribution in [1.29, 1.82) is 0 Å². The molecular weight excluding hydrogens is 214 g/mol. The van der Waals surface area contributed by atoms with Gasteiger partial charge in [-0.3, -0.25) is 4.79 Å². The van der Waals surface area contributed by atoms with Crippen LogP contribution in [0.4, 0.5) is 0 Å². The Kier molecular flexibility index (Phi) is 4.05. The minimum Gasteiger partial charge on any atom is -0.341 e. The van der Waals surface area contributed by atoms with Gasteiger partial charge in [0.1, 0.15) is 0 Å². The fraction of sp³-hybridized carbons (Fsp3) is 0.923. The van der Waals surface area contributed by atoms with Gasteiger partial charge in [0.2, 0.25) is 5.91 Å². The van der Waals surface area contributed by atoms with E-state index in [1.807, 2.05) is 11.9 Å². The average molecular weight is 239 g/mol. The molecule has 2 fully saturated rings. The summed E-state index contributed by atoms with van der Waals surface area (Å²) >= 11 is 0. The molecular formula is C13H25N3O. The van der Waals surface area contributed by atoms with Gasteiger partial charge in [-0.05, 0) is 50.9 Å². The zero-order valence-electron chi connectivity index (χ0n) is 10.8. The highest BCUT2D eigenvalue weighted by Gasteiger charge is 2.33. The number of nitrogens with zero attached hydrogens (tertiary/aromatic N) is 1. The minimum absolute atomic E-state index is 0.134. The lowest BCUT2D eigenvalue weighted by Crippen LogP contribution is -2.52. The van der Waals surface area contributed by atoms with Crippen LogP contribution < -0.4 is 11.5 Å². The molecule has 4 N–H and O–H groups in total. The van der Waals surface area contributed by atoms with E-state index in [0.29, 0.717) is 18.0 Å². The smallest absolute Gasteiger partial charge is 0.239 e. The zero-order chi connectivity index (χ0) is 12.4. The quantitative estimate of drug-likeness (QED) is 0.766. The highest BCUT2D eigenvalue weighted by atomic mass is 16.2. The molecule has 2 rings (SSSR count). The summed E-state index contributed by atoms with van der Waals surface area (Å²) in [6, 6.07) is 0.449. The summed E-state index contributed by atoms with van der Waals surface area (Å²) < 4.78 is 0. The molecule has 4 heteroatoms. The first kappa shape index (κ1) is 12.8. The average Bonchev–Trinajstić information content (AvgIpc) is 2.25. The van der Waals surface area contributed by atoms with Crippen LogP contribution in [0.3, 0.4) is 0 Å². The molecule has 2 saturated carbocycles. The number of carbonyl (C=O) groups excluding carboxylic acids is 1. The molecule has 98 valence electrons. The summed E-state index contributed by atoms with van der Waals surface area (Å²) in [5.41, 5.74) is 12.0. The molecule has 2 aliphatic rings. The molecule has 0 spiro atoms. The Morgan fingerprint density at radius 2 is 1.76 bits per heavy atom. The third kappa shape index (κ3) is 2.80. The van der Waals surface area contributed by atoms with Crippen molar-refractivity contribution < 1.29 is 4.79 Å². The van der Waals surface area contributed by atoms with Crippen LogP contribution in [0.1, 0.15) is 44.9 Å². The van der Waals surface area contributed by atoms with Crippen molar-refractivity contribution in [2.45, 2.75) is 63.1 Å². The molecule has 0 heterocycles. The van der Waals surface area contributed by atoms with Gasteiger partial charge in [0.05, 0.1) is 6.04 Å². The van der Waals surface area contributed by atoms with Crippen molar-refractivity contribution in [2.75, 3.05) is 7.05 Å². The van der Waals surface area contributed by atoms with Gasteiger partial charge in [-0.25, -0.2) is 0 Å². The Balaban J connectivity index is 1.85. The second kappa shape index (κ2) is 5.36. The predicted molar refractivity (Wildman–Crippen MR) is 68.3 cm³/mol. The van der Waals surface area contributed by atoms with E-state index in [2.05, 4.69) is 0 Å². The predicted octanol–water partition coefficient (Wildman–Crippen LogP) is 0.842. The Morgan fingerprint density at radius 3 is 2.24 bits per heavy atom. The molecule has 0 aromatic rings. The van der Waals surface area contributed by atoms with Gasteiger partial charge >= 0.3 is 0 Å². The van der Waals surface area contributed by atoms with Crippen LogP contribution in [0.15, 0.2) is 0 Å². The van der Waals surface area contributed by atoms with E-state index in [1.54, 1.807) is 0 Å². The molecule has 17 heavy (non-hydrogen) atoms. The molecule has 0 saturated heterocycles. The normalized spacial score (nSPS) is 31.7. The van der Waals surface area contributed by atoms with E-state index in [-0.39, 0.29) is 11.9 Å². The van der Waals surface area contributed by atoms with Crippen molar-refractivity contribution in [3.63, 3.8) is 0 Å². The van der Waals surface area contributed by atoms with E-state index in [9.17, 15) is 4.79 Å². The molecule has 0 aromatic heterocycles. The maximum Gasteiger partial charge on any atom is 0.239 e. The Hall–Kier alpha value is -0.610. The van der Waals surface area contributed by atoms with Crippen molar-refractivity contribution >= 4 is 5.91 Å². The van der Waals surface area contributed by atoms with Crippen LogP contribution >= 0.6 is 0 Å². The summed E-state index contributed by atoms with van der Waals surface area (Å²) in [6.45, 7) is 0. The van der Waals surface area contributed by atoms with Crippen LogP contribution in [-0.4, -0.2) is 36.0 Å². The van der Waals surface area contributed by atoms with Gasteiger partial charge < -0.3 is 16.4 Å². The van der Waals surface area contributed by atoms with Crippen LogP contribution in [0.2, 0.25) is 0 Å². The van der Waals surface area contributed by atoms with Gasteiger partial charge in [0, 0.05) is 19.1 Å². The van der Waals surface area contributed by atoms with Crippen molar-refractivity contribution in [1.82, 2.24) is 4.90 Å². The topological polar surface area (TPSA) is 72.3 Å². The highest BCUT2D eigenvalue weighted by Crippen LogP contribution is 2.28. The number of carbonyl (C=O) groups is 1. The Labute approximate surface area is 104 Å². The monoisotopic (exact) mass is 239 g/mol. The number of nitrogens with two attached hydrogens (primary N) is 2. The van der Waals surface area contributed by atoms with E-state index in [1.165, 1.54) is 6.42 Å². The number of hydrogen-bond donors (Lipinski definition) is 2. The molecule has 0 aromatic carbocycles. The Morgan fingerprint density at radius 1 is 1.18 bits per heavy atom. The van der Waals surface area contributed by atoms with Gasteiger partial charge in [-0.1, -0.05) is 0 Å². The first-order chi connectivity index (χ1) is 8.09. The van der Waals surface area contributed by atoms with E-state index in [4.69, 9.17) is 11.5 Å². The van der Waals surface area contributed by atoms with Crippen molar-refractivity contribution in [3.05, 3.63) is 0 Å². The lowest BCUT2D eigenvalue weighted by molar-refractivity contribution is -0.136. The first-order valence-electron chi connectivity index (χ1n) is 6.87. The van der Waals surface area contributed by atoms with Crippen molar-refractivity contribution in [3.8, 4) is 0 Å². The number of rotatable bonds is 3. The maximum absolute atomic E-state index is 12.2. The van der Waals surface area contributed by atoms with Gasteiger partial charge in [-0.2, -0.15) is 0 Å². The minimum atomic E-state index is -0.312. The third-order valence-corrected chi connectivity index (χ3v) is 4.58. The molecule has 4 nitrogen and oxygen atoms in total. The number of hydrogen-bond acceptors (Lipinski definition) is 3. The van der Waals surface area contributed by atoms with Crippen LogP contribution in [-0.2, 0) is 4.79 Å². The van der Waals surface area contributed by atoms with Gasteiger partial charge in [0.15, 0.2) is 0 Å². The largest absolute Gasteiger partial charge is 0.341 e. The standard InChI is InChI=1S/C13H25N3O/c1-16(11-3-2-4-11)13(17)12(15)9-5-7-10(14)8-6-9/h9-12H,2-8,14-15H2,1H3/t9?,10?,12-/m0/s1. The zero-order valence-corrected chi connectivity index (χ0v) is 10.8. The summed E-state index contributed by atoms with van der Waals surface area (Å²) in [5.74, 6) is 0.472. The Bertz CT molecular complexity index is 270. The fourth-order valence-electron chi connectivity index (χ4n) is 2.89. The SMILES string of the molecule is CN(C(=O)[C@@H](N)C1CCC(N)CC1)C1CCC1. The number of amides is 1. The third-order valence-electron chi connectivity index (χ3n) is 4.58.